The van der Waals surface area contributed by atoms with Gasteiger partial charge in [0.15, 0.2) is 18.1 Å². The number of carbonyl (C=O) groups is 2. The van der Waals surface area contributed by atoms with E-state index in [1.807, 2.05) is 0 Å². The number of aryl methyl sites for hydroxylation is 2. The maximum atomic E-state index is 12.4. The van der Waals surface area contributed by atoms with E-state index in [4.69, 9.17) is 23.5 Å². The second-order valence-corrected chi connectivity index (χ2v) is 5.11. The van der Waals surface area contributed by atoms with Gasteiger partial charge in [0, 0.05) is 5.56 Å². The van der Waals surface area contributed by atoms with Gasteiger partial charge in [-0.1, -0.05) is 5.16 Å². The van der Waals surface area contributed by atoms with Crippen LogP contribution in [0, 0.1) is 13.8 Å². The molecular weight excluding hydrogens is 330 g/mol. The van der Waals surface area contributed by atoms with Crippen LogP contribution in [0.3, 0.4) is 0 Å². The zero-order chi connectivity index (χ0) is 18.6. The number of hydrogen-bond acceptors (Lipinski definition) is 8. The summed E-state index contributed by atoms with van der Waals surface area (Å²) in [7, 11) is 4.36. The van der Waals surface area contributed by atoms with Crippen LogP contribution in [0.15, 0.2) is 16.7 Å². The van der Waals surface area contributed by atoms with Crippen molar-refractivity contribution in [2.45, 2.75) is 13.8 Å². The Hall–Kier alpha value is -3.03. The van der Waals surface area contributed by atoms with Crippen molar-refractivity contribution in [3.63, 3.8) is 0 Å². The van der Waals surface area contributed by atoms with Gasteiger partial charge in [-0.15, -0.1) is 0 Å². The summed E-state index contributed by atoms with van der Waals surface area (Å²) in [6.45, 7) is 2.77. The van der Waals surface area contributed by atoms with E-state index in [1.54, 1.807) is 13.8 Å². The normalized spacial score (nSPS) is 10.3. The Morgan fingerprint density at radius 1 is 1.04 bits per heavy atom. The molecule has 8 nitrogen and oxygen atoms in total. The molecule has 0 amide bonds. The van der Waals surface area contributed by atoms with Gasteiger partial charge >= 0.3 is 5.97 Å². The van der Waals surface area contributed by atoms with Gasteiger partial charge in [0.2, 0.25) is 11.5 Å². The summed E-state index contributed by atoms with van der Waals surface area (Å²) < 4.78 is 25.6. The smallest absolute Gasteiger partial charge is 0.344 e. The molecule has 0 atom stereocenters. The highest BCUT2D eigenvalue weighted by Crippen LogP contribution is 2.38. The summed E-state index contributed by atoms with van der Waals surface area (Å²) in [5.41, 5.74) is 0.890. The Balaban J connectivity index is 2.17. The number of hydrogen-bond donors (Lipinski definition) is 0. The number of esters is 1. The van der Waals surface area contributed by atoms with E-state index in [0.29, 0.717) is 28.7 Å². The summed E-state index contributed by atoms with van der Waals surface area (Å²) in [5, 5.41) is 3.68. The summed E-state index contributed by atoms with van der Waals surface area (Å²) in [6, 6.07) is 2.99. The van der Waals surface area contributed by atoms with Crippen LogP contribution in [0.5, 0.6) is 17.2 Å². The second kappa shape index (κ2) is 7.69. The molecule has 0 spiro atoms. The van der Waals surface area contributed by atoms with Gasteiger partial charge in [0.25, 0.3) is 0 Å². The third-order valence-electron chi connectivity index (χ3n) is 3.56. The second-order valence-electron chi connectivity index (χ2n) is 5.11. The molecule has 0 N–H and O–H groups in total. The lowest BCUT2D eigenvalue weighted by Crippen LogP contribution is -2.15. The van der Waals surface area contributed by atoms with Gasteiger partial charge in [-0.05, 0) is 26.0 Å². The van der Waals surface area contributed by atoms with Gasteiger partial charge in [0.1, 0.15) is 11.3 Å². The van der Waals surface area contributed by atoms with Gasteiger partial charge in [-0.2, -0.15) is 0 Å². The molecule has 0 aliphatic carbocycles. The van der Waals surface area contributed by atoms with E-state index in [2.05, 4.69) is 5.16 Å². The number of ether oxygens (including phenoxy) is 4. The Morgan fingerprint density at radius 2 is 1.64 bits per heavy atom. The van der Waals surface area contributed by atoms with Gasteiger partial charge in [-0.25, -0.2) is 4.79 Å². The molecule has 2 aromatic rings. The van der Waals surface area contributed by atoms with Crippen LogP contribution >= 0.6 is 0 Å². The number of methoxy groups -OCH3 is 3. The molecule has 0 bridgehead atoms. The average Bonchev–Trinajstić information content (AvgIpc) is 2.96. The van der Waals surface area contributed by atoms with Crippen LogP contribution in [0.25, 0.3) is 0 Å². The van der Waals surface area contributed by atoms with Crippen molar-refractivity contribution in [3.05, 3.63) is 34.7 Å². The molecule has 1 heterocycles. The molecule has 0 radical (unpaired) electrons. The topological polar surface area (TPSA) is 97.1 Å². The lowest BCUT2D eigenvalue weighted by molar-refractivity contribution is 0.0472. The van der Waals surface area contributed by atoms with E-state index in [1.165, 1.54) is 33.5 Å². The maximum Gasteiger partial charge on any atom is 0.344 e. The van der Waals surface area contributed by atoms with Crippen molar-refractivity contribution in [2.24, 2.45) is 0 Å². The van der Waals surface area contributed by atoms with E-state index >= 15 is 0 Å². The number of rotatable bonds is 7. The fraction of sp³-hybridized carbons (Fsp3) is 0.353. The Morgan fingerprint density at radius 3 is 2.08 bits per heavy atom. The fourth-order valence-electron chi connectivity index (χ4n) is 2.30. The summed E-state index contributed by atoms with van der Waals surface area (Å²) in [5.74, 6) is 0.290. The van der Waals surface area contributed by atoms with E-state index in [9.17, 15) is 9.59 Å². The first-order chi connectivity index (χ1) is 11.9. The van der Waals surface area contributed by atoms with Crippen LogP contribution in [-0.2, 0) is 4.74 Å². The minimum atomic E-state index is -0.669. The lowest BCUT2D eigenvalue weighted by atomic mass is 10.1. The quantitative estimate of drug-likeness (QED) is 0.555. The highest BCUT2D eigenvalue weighted by atomic mass is 16.5. The number of benzene rings is 1. The average molecular weight is 349 g/mol. The number of nitrogens with zero attached hydrogens (tertiary/aromatic N) is 1. The highest BCUT2D eigenvalue weighted by Gasteiger charge is 2.22. The minimum Gasteiger partial charge on any atom is -0.493 e. The third-order valence-corrected chi connectivity index (χ3v) is 3.56. The summed E-state index contributed by atoms with van der Waals surface area (Å²) in [6.07, 6.45) is 0. The van der Waals surface area contributed by atoms with E-state index in [-0.39, 0.29) is 11.1 Å². The third kappa shape index (κ3) is 3.73. The van der Waals surface area contributed by atoms with Crippen molar-refractivity contribution in [1.29, 1.82) is 0 Å². The van der Waals surface area contributed by atoms with E-state index in [0.717, 1.165) is 0 Å². The molecular formula is C17H19NO7. The molecule has 0 fully saturated rings. The number of carbonyl (C=O) groups excluding carboxylic acids is 2. The van der Waals surface area contributed by atoms with Crippen molar-refractivity contribution in [3.8, 4) is 17.2 Å². The zero-order valence-electron chi connectivity index (χ0n) is 14.7. The van der Waals surface area contributed by atoms with Crippen molar-refractivity contribution >= 4 is 11.8 Å². The van der Waals surface area contributed by atoms with Crippen LogP contribution < -0.4 is 14.2 Å². The minimum absolute atomic E-state index is 0.220. The maximum absolute atomic E-state index is 12.4. The summed E-state index contributed by atoms with van der Waals surface area (Å²) in [4.78, 5) is 24.4. The molecule has 134 valence electrons. The molecule has 8 heteroatoms. The van der Waals surface area contributed by atoms with Crippen LogP contribution in [0.2, 0.25) is 0 Å². The number of ketones is 1. The zero-order valence-corrected chi connectivity index (χ0v) is 14.7. The van der Waals surface area contributed by atoms with Crippen LogP contribution in [0.1, 0.15) is 32.2 Å². The summed E-state index contributed by atoms with van der Waals surface area (Å²) >= 11 is 0. The molecule has 0 saturated heterocycles. The first kappa shape index (κ1) is 18.3. The SMILES string of the molecule is COc1cc(C(=O)COC(=O)c2c(C)noc2C)cc(OC)c1OC. The van der Waals surface area contributed by atoms with Crippen LogP contribution in [0.4, 0.5) is 0 Å². The molecule has 1 aromatic carbocycles. The highest BCUT2D eigenvalue weighted by molar-refractivity contribution is 6.00. The van der Waals surface area contributed by atoms with Gasteiger partial charge in [0.05, 0.1) is 27.0 Å². The molecule has 0 aliphatic rings. The predicted molar refractivity (Wildman–Crippen MR) is 86.7 cm³/mol. The van der Waals surface area contributed by atoms with Gasteiger partial charge in [-0.3, -0.25) is 4.79 Å². The lowest BCUT2D eigenvalue weighted by Gasteiger charge is -2.13. The number of Topliss-reactive ketones (excluding diaryl/α,β-unsaturated/α-hetero) is 1. The molecule has 25 heavy (non-hydrogen) atoms. The fourth-order valence-corrected chi connectivity index (χ4v) is 2.30. The Bertz CT molecular complexity index is 750. The first-order valence-corrected chi connectivity index (χ1v) is 7.36. The Kier molecular flexibility index (Phi) is 5.63. The van der Waals surface area contributed by atoms with Crippen molar-refractivity contribution in [1.82, 2.24) is 5.16 Å². The predicted octanol–water partition coefficient (Wildman–Crippen LogP) is 2.36. The van der Waals surface area contributed by atoms with Crippen molar-refractivity contribution in [2.75, 3.05) is 27.9 Å². The largest absolute Gasteiger partial charge is 0.493 e. The standard InChI is InChI=1S/C17H19NO7/c1-9-15(10(2)25-18-9)17(20)24-8-12(19)11-6-13(21-3)16(23-5)14(7-11)22-4/h6-7H,8H2,1-5H3. The first-order valence-electron chi connectivity index (χ1n) is 7.36. The molecule has 0 unspecified atom stereocenters. The molecule has 1 aromatic heterocycles. The molecule has 0 aliphatic heterocycles. The van der Waals surface area contributed by atoms with Crippen LogP contribution in [-0.4, -0.2) is 44.8 Å². The van der Waals surface area contributed by atoms with Crippen molar-refractivity contribution < 1.29 is 33.1 Å². The van der Waals surface area contributed by atoms with E-state index < -0.39 is 18.4 Å². The molecule has 0 saturated carbocycles. The Labute approximate surface area is 144 Å². The monoisotopic (exact) mass is 349 g/mol. The molecule has 2 rings (SSSR count). The van der Waals surface area contributed by atoms with Gasteiger partial charge < -0.3 is 23.5 Å². The number of aromatic nitrogens is 1.